The van der Waals surface area contributed by atoms with Gasteiger partial charge >= 0.3 is 0 Å². The number of thiol groups is 1. The second-order valence-electron chi connectivity index (χ2n) is 5.16. The average molecular weight is 342 g/mol. The molecule has 0 aromatic heterocycles. The van der Waals surface area contributed by atoms with E-state index in [0.717, 1.165) is 12.1 Å². The number of benzene rings is 2. The molecule has 0 fully saturated rings. The number of hydrogen-bond acceptors (Lipinski definition) is 2. The summed E-state index contributed by atoms with van der Waals surface area (Å²) in [5.74, 6) is 0. The molecule has 0 aliphatic carbocycles. The van der Waals surface area contributed by atoms with Gasteiger partial charge in [0.2, 0.25) is 5.12 Å². The smallest absolute Gasteiger partial charge is 0.213 e. The Kier molecular flexibility index (Phi) is 8.95. The molecular formula is C21H27NOS. The second kappa shape index (κ2) is 10.7. The number of carbonyl (C=O) groups is 1. The molecule has 2 nitrogen and oxygen atoms in total. The van der Waals surface area contributed by atoms with Gasteiger partial charge in [-0.1, -0.05) is 81.4 Å². The molecule has 0 saturated carbocycles. The van der Waals surface area contributed by atoms with Crippen molar-refractivity contribution in [3.05, 3.63) is 83.1 Å². The van der Waals surface area contributed by atoms with E-state index < -0.39 is 0 Å². The molecule has 0 aliphatic rings. The predicted molar refractivity (Wildman–Crippen MR) is 106 cm³/mol. The summed E-state index contributed by atoms with van der Waals surface area (Å²) < 4.78 is 0. The Morgan fingerprint density at radius 1 is 0.958 bits per heavy atom. The lowest BCUT2D eigenvalue weighted by atomic mass is 9.98. The maximum Gasteiger partial charge on any atom is 0.213 e. The van der Waals surface area contributed by atoms with Crippen LogP contribution in [0.2, 0.25) is 0 Å². The van der Waals surface area contributed by atoms with Crippen molar-refractivity contribution in [2.24, 2.45) is 0 Å². The summed E-state index contributed by atoms with van der Waals surface area (Å²) in [4.78, 5) is 11.6. The van der Waals surface area contributed by atoms with E-state index in [2.05, 4.69) is 42.2 Å². The van der Waals surface area contributed by atoms with E-state index >= 15 is 0 Å². The zero-order chi connectivity index (χ0) is 17.9. The molecule has 128 valence electrons. The topological polar surface area (TPSA) is 29.1 Å². The van der Waals surface area contributed by atoms with Crippen molar-refractivity contribution in [1.29, 1.82) is 0 Å². The summed E-state index contributed by atoms with van der Waals surface area (Å²) in [5, 5.41) is 3.34. The van der Waals surface area contributed by atoms with Crippen molar-refractivity contribution in [3.8, 4) is 0 Å². The lowest BCUT2D eigenvalue weighted by molar-refractivity contribution is -0.107. The number of allylic oxidation sites excluding steroid dienone is 1. The summed E-state index contributed by atoms with van der Waals surface area (Å²) in [7, 11) is 0. The third kappa shape index (κ3) is 5.57. The Bertz CT molecular complexity index is 611. The van der Waals surface area contributed by atoms with Gasteiger partial charge in [0.15, 0.2) is 0 Å². The molecule has 0 spiro atoms. The molecule has 2 rings (SSSR count). The summed E-state index contributed by atoms with van der Waals surface area (Å²) >= 11 is 3.95. The fourth-order valence-electron chi connectivity index (χ4n) is 2.43. The first-order valence-corrected chi connectivity index (χ1v) is 8.87. The molecule has 2 aromatic carbocycles. The zero-order valence-corrected chi connectivity index (χ0v) is 15.8. The first kappa shape index (κ1) is 20.0. The normalized spacial score (nSPS) is 11.2. The number of carbonyl (C=O) groups excluding carboxylic acids is 1. The highest BCUT2D eigenvalue weighted by Crippen LogP contribution is 2.24. The van der Waals surface area contributed by atoms with E-state index in [9.17, 15) is 4.79 Å². The van der Waals surface area contributed by atoms with Crippen LogP contribution < -0.4 is 5.32 Å². The van der Waals surface area contributed by atoms with Gasteiger partial charge in [0.05, 0.1) is 6.04 Å². The van der Waals surface area contributed by atoms with Gasteiger partial charge in [-0.05, 0) is 24.5 Å². The summed E-state index contributed by atoms with van der Waals surface area (Å²) in [5.41, 5.74) is 3.93. The van der Waals surface area contributed by atoms with Crippen LogP contribution in [0.4, 0.5) is 0 Å². The van der Waals surface area contributed by atoms with E-state index in [4.69, 9.17) is 0 Å². The van der Waals surface area contributed by atoms with Crippen molar-refractivity contribution in [3.63, 3.8) is 0 Å². The Labute approximate surface area is 151 Å². The highest BCUT2D eigenvalue weighted by Gasteiger charge is 2.16. The summed E-state index contributed by atoms with van der Waals surface area (Å²) in [6, 6.07) is 20.5. The van der Waals surface area contributed by atoms with E-state index in [1.165, 1.54) is 11.1 Å². The average Bonchev–Trinajstić information content (AvgIpc) is 2.65. The first-order chi connectivity index (χ1) is 11.6. The van der Waals surface area contributed by atoms with Gasteiger partial charge in [0.25, 0.3) is 0 Å². The highest BCUT2D eigenvalue weighted by atomic mass is 32.1. The molecule has 2 aromatic rings. The lowest BCUT2D eigenvalue weighted by Gasteiger charge is -2.23. The maximum absolute atomic E-state index is 11.6. The SMILES string of the molecule is CC.CC/C(NC(c1ccccc1)c1ccccc1)=C(\C)C(=O)S. The van der Waals surface area contributed by atoms with Gasteiger partial charge in [-0.25, -0.2) is 0 Å². The number of nitrogens with one attached hydrogen (secondary N) is 1. The molecule has 0 aliphatic heterocycles. The van der Waals surface area contributed by atoms with Crippen LogP contribution in [-0.4, -0.2) is 5.12 Å². The molecular weight excluding hydrogens is 314 g/mol. The lowest BCUT2D eigenvalue weighted by Crippen LogP contribution is -2.23. The molecule has 0 atom stereocenters. The number of hydrogen-bond donors (Lipinski definition) is 2. The second-order valence-corrected chi connectivity index (χ2v) is 5.57. The maximum atomic E-state index is 11.6. The van der Waals surface area contributed by atoms with E-state index in [1.807, 2.05) is 64.1 Å². The largest absolute Gasteiger partial charge is 0.377 e. The van der Waals surface area contributed by atoms with Crippen LogP contribution in [0, 0.1) is 0 Å². The Morgan fingerprint density at radius 2 is 1.38 bits per heavy atom. The standard InChI is InChI=1S/C19H21NOS.C2H6/c1-3-17(14(2)19(21)22)20-18(15-10-6-4-7-11-15)16-12-8-5-9-13-16;1-2/h4-13,18,20H,3H2,1-2H3,(H,21,22);1-2H3/b17-14-;. The van der Waals surface area contributed by atoms with Gasteiger partial charge in [0, 0.05) is 11.3 Å². The molecule has 24 heavy (non-hydrogen) atoms. The summed E-state index contributed by atoms with van der Waals surface area (Å²) in [6.45, 7) is 7.85. The van der Waals surface area contributed by atoms with E-state index in [-0.39, 0.29) is 11.2 Å². The molecule has 0 bridgehead atoms. The predicted octanol–water partition coefficient (Wildman–Crippen LogP) is 5.53. The van der Waals surface area contributed by atoms with Crippen LogP contribution in [0.5, 0.6) is 0 Å². The monoisotopic (exact) mass is 341 g/mol. The minimum atomic E-state index is -0.191. The zero-order valence-electron chi connectivity index (χ0n) is 14.9. The highest BCUT2D eigenvalue weighted by molar-refractivity contribution is 7.97. The van der Waals surface area contributed by atoms with E-state index in [1.54, 1.807) is 0 Å². The van der Waals surface area contributed by atoms with Crippen molar-refractivity contribution in [1.82, 2.24) is 5.32 Å². The molecule has 3 heteroatoms. The van der Waals surface area contributed by atoms with Crippen LogP contribution >= 0.6 is 12.6 Å². The first-order valence-electron chi connectivity index (χ1n) is 8.43. The van der Waals surface area contributed by atoms with E-state index in [0.29, 0.717) is 5.57 Å². The van der Waals surface area contributed by atoms with Gasteiger partial charge in [-0.15, -0.1) is 12.6 Å². The molecule has 0 saturated heterocycles. The Balaban J connectivity index is 0.00000139. The Hall–Kier alpha value is -2.00. The van der Waals surface area contributed by atoms with Crippen LogP contribution in [0.15, 0.2) is 71.9 Å². The van der Waals surface area contributed by atoms with Crippen molar-refractivity contribution < 1.29 is 4.79 Å². The third-order valence-corrected chi connectivity index (χ3v) is 4.05. The van der Waals surface area contributed by atoms with Crippen LogP contribution in [0.25, 0.3) is 0 Å². The molecule has 0 radical (unpaired) electrons. The summed E-state index contributed by atoms with van der Waals surface area (Å²) in [6.07, 6.45) is 0.758. The third-order valence-electron chi connectivity index (χ3n) is 3.71. The van der Waals surface area contributed by atoms with Crippen molar-refractivity contribution >= 4 is 17.7 Å². The molecule has 0 heterocycles. The van der Waals surface area contributed by atoms with Crippen LogP contribution in [0.1, 0.15) is 51.3 Å². The fraction of sp³-hybridized carbons (Fsp3) is 0.286. The van der Waals surface area contributed by atoms with Crippen LogP contribution in [-0.2, 0) is 4.79 Å². The fourth-order valence-corrected chi connectivity index (χ4v) is 2.56. The minimum absolute atomic E-state index is 0.0139. The molecule has 1 N–H and O–H groups in total. The molecule has 0 amide bonds. The minimum Gasteiger partial charge on any atom is -0.377 e. The van der Waals surface area contributed by atoms with Crippen molar-refractivity contribution in [2.45, 2.75) is 40.2 Å². The molecule has 0 unspecified atom stereocenters. The van der Waals surface area contributed by atoms with Crippen molar-refractivity contribution in [2.75, 3.05) is 0 Å². The van der Waals surface area contributed by atoms with Crippen LogP contribution in [0.3, 0.4) is 0 Å². The Morgan fingerprint density at radius 3 is 1.71 bits per heavy atom. The van der Waals surface area contributed by atoms with Gasteiger partial charge in [-0.3, -0.25) is 4.79 Å². The number of rotatable bonds is 6. The van der Waals surface area contributed by atoms with Gasteiger partial charge < -0.3 is 5.32 Å². The van der Waals surface area contributed by atoms with Gasteiger partial charge in [-0.2, -0.15) is 0 Å². The van der Waals surface area contributed by atoms with Gasteiger partial charge in [0.1, 0.15) is 0 Å². The quantitative estimate of drug-likeness (QED) is 0.534.